The van der Waals surface area contributed by atoms with Crippen LogP contribution in [0, 0.1) is 0 Å². The average Bonchev–Trinajstić information content (AvgIpc) is 2.69. The van der Waals surface area contributed by atoms with Crippen LogP contribution in [0.2, 0.25) is 0 Å². The molecule has 1 atom stereocenters. The predicted molar refractivity (Wildman–Crippen MR) is 102 cm³/mol. The Balaban J connectivity index is 2.05. The van der Waals surface area contributed by atoms with Gasteiger partial charge in [0.25, 0.3) is 5.91 Å². The minimum absolute atomic E-state index is 0.443. The number of carbonyl (C=O) groups is 1. The molecule has 3 rings (SSSR count). The van der Waals surface area contributed by atoms with Gasteiger partial charge in [-0.15, -0.1) is 11.8 Å². The molecule has 0 aromatic heterocycles. The van der Waals surface area contributed by atoms with Crippen molar-refractivity contribution in [3.8, 4) is 11.1 Å². The summed E-state index contributed by atoms with van der Waals surface area (Å²) in [5.41, 5.74) is 5.62. The first-order valence-corrected chi connectivity index (χ1v) is 9.18. The van der Waals surface area contributed by atoms with E-state index in [9.17, 15) is 10.0 Å². The highest BCUT2D eigenvalue weighted by Crippen LogP contribution is 2.30. The lowest BCUT2D eigenvalue weighted by Crippen LogP contribution is -2.27. The summed E-state index contributed by atoms with van der Waals surface area (Å²) >= 11 is 1.70. The van der Waals surface area contributed by atoms with E-state index in [2.05, 4.69) is 18.2 Å². The van der Waals surface area contributed by atoms with Crippen LogP contribution >= 0.6 is 11.8 Å². The summed E-state index contributed by atoms with van der Waals surface area (Å²) < 4.78 is 0. The molecule has 0 bridgehead atoms. The van der Waals surface area contributed by atoms with Crippen LogP contribution in [0.5, 0.6) is 0 Å². The van der Waals surface area contributed by atoms with Crippen LogP contribution in [0.15, 0.2) is 83.8 Å². The van der Waals surface area contributed by atoms with Gasteiger partial charge in [0.05, 0.1) is 5.92 Å². The maximum atomic E-state index is 12.3. The topological polar surface area (TPSA) is 49.3 Å². The molecule has 1 unspecified atom stereocenters. The molecule has 4 heteroatoms. The molecule has 1 amide bonds. The fourth-order valence-corrected chi connectivity index (χ4v) is 3.37. The van der Waals surface area contributed by atoms with E-state index in [4.69, 9.17) is 0 Å². The largest absolute Gasteiger partial charge is 0.289 e. The van der Waals surface area contributed by atoms with Crippen molar-refractivity contribution in [2.24, 2.45) is 0 Å². The summed E-state index contributed by atoms with van der Waals surface area (Å²) in [5, 5.41) is 9.18. The van der Waals surface area contributed by atoms with Gasteiger partial charge in [-0.1, -0.05) is 66.7 Å². The molecule has 126 valence electrons. The van der Waals surface area contributed by atoms with Gasteiger partial charge in [-0.2, -0.15) is 0 Å². The Hall–Kier alpha value is -2.56. The molecule has 3 aromatic rings. The van der Waals surface area contributed by atoms with E-state index in [1.54, 1.807) is 17.2 Å². The number of thioether (sulfide) groups is 1. The number of benzene rings is 3. The number of nitrogens with one attached hydrogen (secondary N) is 1. The van der Waals surface area contributed by atoms with Crippen molar-refractivity contribution in [3.63, 3.8) is 0 Å². The third-order valence-electron chi connectivity index (χ3n) is 4.13. The molecule has 0 heterocycles. The van der Waals surface area contributed by atoms with E-state index in [1.165, 1.54) is 4.90 Å². The van der Waals surface area contributed by atoms with Crippen LogP contribution < -0.4 is 5.48 Å². The van der Waals surface area contributed by atoms with Crippen molar-refractivity contribution >= 4 is 17.7 Å². The summed E-state index contributed by atoms with van der Waals surface area (Å²) in [6.45, 7) is 0. The molecule has 0 spiro atoms. The minimum Gasteiger partial charge on any atom is -0.289 e. The molecule has 0 aliphatic rings. The monoisotopic (exact) mass is 349 g/mol. The second-order valence-electron chi connectivity index (χ2n) is 5.68. The lowest BCUT2D eigenvalue weighted by molar-refractivity contribution is -0.129. The van der Waals surface area contributed by atoms with E-state index < -0.39 is 11.8 Å². The van der Waals surface area contributed by atoms with Crippen molar-refractivity contribution in [2.45, 2.75) is 10.8 Å². The maximum Gasteiger partial charge on any atom is 0.255 e. The first kappa shape index (κ1) is 17.3. The van der Waals surface area contributed by atoms with Crippen LogP contribution in [0.3, 0.4) is 0 Å². The molecule has 0 aliphatic carbocycles. The van der Waals surface area contributed by atoms with Gasteiger partial charge in [0.1, 0.15) is 0 Å². The van der Waals surface area contributed by atoms with Gasteiger partial charge in [0.15, 0.2) is 0 Å². The van der Waals surface area contributed by atoms with Gasteiger partial charge >= 0.3 is 0 Å². The van der Waals surface area contributed by atoms with Crippen LogP contribution in [0.1, 0.15) is 17.0 Å². The number of hydrogen-bond acceptors (Lipinski definition) is 3. The van der Waals surface area contributed by atoms with Crippen molar-refractivity contribution in [3.05, 3.63) is 90.0 Å². The molecule has 0 saturated heterocycles. The number of hydrogen-bond donors (Lipinski definition) is 2. The summed E-state index contributed by atoms with van der Waals surface area (Å²) in [6, 6.07) is 25.6. The molecular formula is C21H19NO2S. The zero-order valence-electron chi connectivity index (χ0n) is 13.8. The molecule has 0 saturated carbocycles. The van der Waals surface area contributed by atoms with E-state index in [0.717, 1.165) is 22.3 Å². The van der Waals surface area contributed by atoms with Crippen LogP contribution in [-0.2, 0) is 4.79 Å². The molecule has 0 radical (unpaired) electrons. The summed E-state index contributed by atoms with van der Waals surface area (Å²) in [5.74, 6) is -1.00. The highest BCUT2D eigenvalue weighted by Gasteiger charge is 2.22. The molecule has 3 aromatic carbocycles. The van der Waals surface area contributed by atoms with Gasteiger partial charge < -0.3 is 0 Å². The molecule has 0 aliphatic heterocycles. The lowest BCUT2D eigenvalue weighted by atomic mass is 9.89. The average molecular weight is 349 g/mol. The Morgan fingerprint density at radius 3 is 2.20 bits per heavy atom. The maximum absolute atomic E-state index is 12.3. The number of carbonyl (C=O) groups excluding carboxylic acids is 1. The molecular weight excluding hydrogens is 330 g/mol. The first-order chi connectivity index (χ1) is 12.2. The van der Waals surface area contributed by atoms with Gasteiger partial charge in [0.2, 0.25) is 0 Å². The van der Waals surface area contributed by atoms with E-state index >= 15 is 0 Å². The second-order valence-corrected chi connectivity index (χ2v) is 6.56. The number of hydroxylamine groups is 1. The second kappa shape index (κ2) is 8.01. The SMILES string of the molecule is CSc1cccc(-c2cccc(C(C(=O)NO)c3ccccc3)c2)c1. The molecule has 3 nitrogen and oxygen atoms in total. The normalized spacial score (nSPS) is 11.8. The highest BCUT2D eigenvalue weighted by atomic mass is 32.2. The van der Waals surface area contributed by atoms with Crippen LogP contribution in [0.4, 0.5) is 0 Å². The highest BCUT2D eigenvalue weighted by molar-refractivity contribution is 7.98. The fourth-order valence-electron chi connectivity index (χ4n) is 2.91. The van der Waals surface area contributed by atoms with Crippen molar-refractivity contribution in [1.82, 2.24) is 5.48 Å². The van der Waals surface area contributed by atoms with Crippen LogP contribution in [-0.4, -0.2) is 17.4 Å². The lowest BCUT2D eigenvalue weighted by Gasteiger charge is -2.17. The molecule has 2 N–H and O–H groups in total. The fraction of sp³-hybridized carbons (Fsp3) is 0.0952. The Kier molecular flexibility index (Phi) is 5.53. The summed E-state index contributed by atoms with van der Waals surface area (Å²) in [6.07, 6.45) is 2.05. The van der Waals surface area contributed by atoms with E-state index in [-0.39, 0.29) is 0 Å². The van der Waals surface area contributed by atoms with Crippen molar-refractivity contribution < 1.29 is 10.0 Å². The van der Waals surface area contributed by atoms with Gasteiger partial charge in [-0.3, -0.25) is 10.0 Å². The van der Waals surface area contributed by atoms with Gasteiger partial charge in [0, 0.05) is 4.90 Å². The van der Waals surface area contributed by atoms with Crippen molar-refractivity contribution in [1.29, 1.82) is 0 Å². The number of amides is 1. The third-order valence-corrected chi connectivity index (χ3v) is 4.85. The minimum atomic E-state index is -0.560. The van der Waals surface area contributed by atoms with Gasteiger partial charge in [-0.05, 0) is 40.6 Å². The first-order valence-electron chi connectivity index (χ1n) is 7.96. The zero-order valence-corrected chi connectivity index (χ0v) is 14.7. The van der Waals surface area contributed by atoms with E-state index in [0.29, 0.717) is 0 Å². The number of rotatable bonds is 5. The van der Waals surface area contributed by atoms with E-state index in [1.807, 2.05) is 66.9 Å². The predicted octanol–water partition coefficient (Wildman–Crippen LogP) is 4.71. The van der Waals surface area contributed by atoms with Gasteiger partial charge in [-0.25, -0.2) is 5.48 Å². The van der Waals surface area contributed by atoms with Crippen molar-refractivity contribution in [2.75, 3.05) is 6.26 Å². The molecule has 25 heavy (non-hydrogen) atoms. The molecule has 0 fully saturated rings. The standard InChI is InChI=1S/C21H19NO2S/c1-25-19-12-6-10-17(14-19)16-9-5-11-18(13-16)20(21(23)22-24)15-7-3-2-4-8-15/h2-14,20,24H,1H3,(H,22,23). The Bertz CT molecular complexity index is 865. The Morgan fingerprint density at radius 2 is 1.52 bits per heavy atom. The summed E-state index contributed by atoms with van der Waals surface area (Å²) in [4.78, 5) is 13.5. The zero-order chi connectivity index (χ0) is 17.6. The Labute approximate surface area is 151 Å². The summed E-state index contributed by atoms with van der Waals surface area (Å²) in [7, 11) is 0. The third kappa shape index (κ3) is 3.92. The van der Waals surface area contributed by atoms with Crippen LogP contribution in [0.25, 0.3) is 11.1 Å². The Morgan fingerprint density at radius 1 is 0.880 bits per heavy atom. The quantitative estimate of drug-likeness (QED) is 0.398. The smallest absolute Gasteiger partial charge is 0.255 e.